The number of fused-ring (bicyclic) bond motifs is 2. The van der Waals surface area contributed by atoms with Gasteiger partial charge in [-0.2, -0.15) is 18.3 Å². The van der Waals surface area contributed by atoms with Gasteiger partial charge in [-0.15, -0.1) is 11.3 Å². The summed E-state index contributed by atoms with van der Waals surface area (Å²) in [5.74, 6) is 0.757. The minimum Gasteiger partial charge on any atom is -0.356 e. The molecule has 3 aromatic rings. The van der Waals surface area contributed by atoms with Crippen molar-refractivity contribution in [2.75, 3.05) is 18.0 Å². The summed E-state index contributed by atoms with van der Waals surface area (Å²) >= 11 is 1.11. The first-order valence-corrected chi connectivity index (χ1v) is 12.0. The highest BCUT2D eigenvalue weighted by Gasteiger charge is 2.30. The van der Waals surface area contributed by atoms with Crippen LogP contribution in [0.4, 0.5) is 19.0 Å². The Kier molecular flexibility index (Phi) is 5.83. The molecule has 2 aliphatic rings. The Morgan fingerprint density at radius 1 is 1.16 bits per heavy atom. The van der Waals surface area contributed by atoms with Gasteiger partial charge in [-0.1, -0.05) is 0 Å². The molecular formula is C22H27F3N6S. The molecule has 1 aliphatic heterocycles. The highest BCUT2D eigenvalue weighted by molar-refractivity contribution is 7.18. The van der Waals surface area contributed by atoms with Gasteiger partial charge in [0, 0.05) is 48.4 Å². The first kappa shape index (κ1) is 21.6. The van der Waals surface area contributed by atoms with Crippen LogP contribution in [0, 0.1) is 0 Å². The summed E-state index contributed by atoms with van der Waals surface area (Å²) in [5, 5.41) is 9.05. The molecule has 32 heavy (non-hydrogen) atoms. The Labute approximate surface area is 188 Å². The molecule has 2 atom stereocenters. The lowest BCUT2D eigenvalue weighted by Gasteiger charge is -2.28. The van der Waals surface area contributed by atoms with E-state index >= 15 is 0 Å². The molecule has 0 radical (unpaired) electrons. The SMILES string of the molecule is Cn1ncc2c1CCC[C@@H]2N[C@H]1CCCN(c2ncnc3sc(CC(F)(F)F)cc23)CC1. The molecule has 1 aliphatic carbocycles. The van der Waals surface area contributed by atoms with Gasteiger partial charge in [-0.25, -0.2) is 9.97 Å². The summed E-state index contributed by atoms with van der Waals surface area (Å²) in [5.41, 5.74) is 2.66. The highest BCUT2D eigenvalue weighted by Crippen LogP contribution is 2.35. The van der Waals surface area contributed by atoms with Gasteiger partial charge in [0.1, 0.15) is 17.0 Å². The number of aromatic nitrogens is 4. The van der Waals surface area contributed by atoms with Crippen molar-refractivity contribution in [3.63, 3.8) is 0 Å². The van der Waals surface area contributed by atoms with Gasteiger partial charge in [0.15, 0.2) is 0 Å². The van der Waals surface area contributed by atoms with Crippen LogP contribution in [0.5, 0.6) is 0 Å². The van der Waals surface area contributed by atoms with E-state index < -0.39 is 12.6 Å². The van der Waals surface area contributed by atoms with Crippen molar-refractivity contribution in [3.05, 3.63) is 34.7 Å². The standard InChI is InChI=1S/C22H27F3N6S/c1-30-19-6-2-5-18(17(19)12-28-30)29-14-4-3-8-31(9-7-14)20-16-10-15(11-22(23,24)25)32-21(16)27-13-26-20/h10,12-14,18,29H,2-9,11H2,1H3/t14-,18-/m0/s1. The molecule has 1 saturated heterocycles. The van der Waals surface area contributed by atoms with E-state index in [2.05, 4.69) is 25.3 Å². The summed E-state index contributed by atoms with van der Waals surface area (Å²) in [7, 11) is 2.01. The van der Waals surface area contributed by atoms with E-state index in [0.29, 0.717) is 16.9 Å². The van der Waals surface area contributed by atoms with Gasteiger partial charge in [0.05, 0.1) is 18.0 Å². The van der Waals surface area contributed by atoms with Crippen molar-refractivity contribution < 1.29 is 13.2 Å². The average Bonchev–Trinajstić information content (AvgIpc) is 3.23. The molecule has 0 unspecified atom stereocenters. The number of hydrogen-bond acceptors (Lipinski definition) is 6. The van der Waals surface area contributed by atoms with Gasteiger partial charge in [0.2, 0.25) is 0 Å². The van der Waals surface area contributed by atoms with E-state index in [1.165, 1.54) is 24.0 Å². The predicted octanol–water partition coefficient (Wildman–Crippen LogP) is 4.56. The molecule has 1 fully saturated rings. The maximum absolute atomic E-state index is 12.9. The monoisotopic (exact) mass is 464 g/mol. The summed E-state index contributed by atoms with van der Waals surface area (Å²) in [6.45, 7) is 1.67. The topological polar surface area (TPSA) is 58.9 Å². The zero-order valence-electron chi connectivity index (χ0n) is 18.0. The van der Waals surface area contributed by atoms with E-state index in [1.807, 2.05) is 17.9 Å². The third-order valence-electron chi connectivity index (χ3n) is 6.57. The van der Waals surface area contributed by atoms with E-state index in [0.717, 1.165) is 67.7 Å². The van der Waals surface area contributed by atoms with Crippen LogP contribution < -0.4 is 10.2 Å². The maximum atomic E-state index is 12.9. The molecule has 10 heteroatoms. The smallest absolute Gasteiger partial charge is 0.356 e. The van der Waals surface area contributed by atoms with Crippen LogP contribution in [0.2, 0.25) is 0 Å². The largest absolute Gasteiger partial charge is 0.393 e. The van der Waals surface area contributed by atoms with Gasteiger partial charge < -0.3 is 10.2 Å². The van der Waals surface area contributed by atoms with Crippen LogP contribution in [0.25, 0.3) is 10.2 Å². The summed E-state index contributed by atoms with van der Waals surface area (Å²) < 4.78 is 40.6. The van der Waals surface area contributed by atoms with E-state index in [1.54, 1.807) is 6.07 Å². The van der Waals surface area contributed by atoms with Crippen LogP contribution in [-0.4, -0.2) is 45.1 Å². The van der Waals surface area contributed by atoms with Crippen molar-refractivity contribution in [2.45, 2.75) is 63.2 Å². The van der Waals surface area contributed by atoms with Gasteiger partial charge in [0.25, 0.3) is 0 Å². The Hall–Kier alpha value is -2.20. The second kappa shape index (κ2) is 8.62. The minimum absolute atomic E-state index is 0.285. The quantitative estimate of drug-likeness (QED) is 0.614. The van der Waals surface area contributed by atoms with Crippen LogP contribution in [0.3, 0.4) is 0 Å². The number of nitrogens with one attached hydrogen (secondary N) is 1. The summed E-state index contributed by atoms with van der Waals surface area (Å²) in [6.07, 6.45) is 4.76. The van der Waals surface area contributed by atoms with Crippen molar-refractivity contribution in [3.8, 4) is 0 Å². The molecule has 6 nitrogen and oxygen atoms in total. The Morgan fingerprint density at radius 3 is 2.88 bits per heavy atom. The zero-order chi connectivity index (χ0) is 22.3. The molecule has 172 valence electrons. The maximum Gasteiger partial charge on any atom is 0.393 e. The molecular weight excluding hydrogens is 437 g/mol. The number of anilines is 1. The molecule has 3 aromatic heterocycles. The number of hydrogen-bond donors (Lipinski definition) is 1. The third kappa shape index (κ3) is 4.47. The zero-order valence-corrected chi connectivity index (χ0v) is 18.8. The van der Waals surface area contributed by atoms with Crippen molar-refractivity contribution in [1.29, 1.82) is 0 Å². The molecule has 0 spiro atoms. The lowest BCUT2D eigenvalue weighted by Crippen LogP contribution is -2.35. The summed E-state index contributed by atoms with van der Waals surface area (Å²) in [4.78, 5) is 11.8. The Morgan fingerprint density at radius 2 is 2.03 bits per heavy atom. The van der Waals surface area contributed by atoms with Gasteiger partial charge in [-0.05, 0) is 44.6 Å². The number of alkyl halides is 3. The Bertz CT molecular complexity index is 1090. The molecule has 0 saturated carbocycles. The number of thiophene rings is 1. The predicted molar refractivity (Wildman–Crippen MR) is 119 cm³/mol. The van der Waals surface area contributed by atoms with Crippen molar-refractivity contribution >= 4 is 27.4 Å². The lowest BCUT2D eigenvalue weighted by molar-refractivity contribution is -0.126. The van der Waals surface area contributed by atoms with Gasteiger partial charge >= 0.3 is 6.18 Å². The molecule has 0 aromatic carbocycles. The molecule has 0 amide bonds. The third-order valence-corrected chi connectivity index (χ3v) is 7.62. The Balaban J connectivity index is 1.29. The van der Waals surface area contributed by atoms with Crippen LogP contribution >= 0.6 is 11.3 Å². The normalized spacial score (nSPS) is 22.2. The van der Waals surface area contributed by atoms with Gasteiger partial charge in [-0.3, -0.25) is 4.68 Å². The minimum atomic E-state index is -4.22. The molecule has 1 N–H and O–H groups in total. The highest BCUT2D eigenvalue weighted by atomic mass is 32.1. The molecule has 0 bridgehead atoms. The first-order valence-electron chi connectivity index (χ1n) is 11.2. The van der Waals surface area contributed by atoms with Crippen LogP contribution in [-0.2, 0) is 19.9 Å². The fraction of sp³-hybridized carbons (Fsp3) is 0.591. The lowest BCUT2D eigenvalue weighted by atomic mass is 9.92. The van der Waals surface area contributed by atoms with E-state index in [9.17, 15) is 13.2 Å². The van der Waals surface area contributed by atoms with E-state index in [-0.39, 0.29) is 4.88 Å². The van der Waals surface area contributed by atoms with Crippen molar-refractivity contribution in [2.24, 2.45) is 7.05 Å². The fourth-order valence-electron chi connectivity index (χ4n) is 5.07. The number of rotatable bonds is 4. The molecule has 5 rings (SSSR count). The number of aryl methyl sites for hydroxylation is 1. The number of nitrogens with zero attached hydrogens (tertiary/aromatic N) is 5. The fourth-order valence-corrected chi connectivity index (χ4v) is 6.09. The van der Waals surface area contributed by atoms with E-state index in [4.69, 9.17) is 0 Å². The first-order chi connectivity index (χ1) is 15.4. The summed E-state index contributed by atoms with van der Waals surface area (Å²) in [6, 6.07) is 2.36. The van der Waals surface area contributed by atoms with Crippen LogP contribution in [0.15, 0.2) is 18.6 Å². The number of halogens is 3. The average molecular weight is 465 g/mol. The van der Waals surface area contributed by atoms with Crippen LogP contribution in [0.1, 0.15) is 54.3 Å². The second-order valence-corrected chi connectivity index (χ2v) is 9.93. The van der Waals surface area contributed by atoms with Crippen molar-refractivity contribution in [1.82, 2.24) is 25.1 Å². The molecule has 4 heterocycles. The second-order valence-electron chi connectivity index (χ2n) is 8.82.